The van der Waals surface area contributed by atoms with Gasteiger partial charge in [0.1, 0.15) is 0 Å². The molecule has 0 aliphatic carbocycles. The van der Waals surface area contributed by atoms with Gasteiger partial charge in [0.2, 0.25) is 0 Å². The number of aromatic amines is 1. The van der Waals surface area contributed by atoms with Crippen LogP contribution in [-0.2, 0) is 24.3 Å². The zero-order chi connectivity index (χ0) is 19.9. The molecule has 1 aliphatic rings. The molecule has 0 saturated carbocycles. The van der Waals surface area contributed by atoms with Crippen molar-refractivity contribution in [2.45, 2.75) is 38.5 Å². The maximum absolute atomic E-state index is 12.7. The standard InChI is InChI=1S/C25H28N2O2/c28-24-13-15-26-22-14-16-27(18-20-8-3-1-4-9-20)23(25(22)24)12-7-17-29-19-21-10-5-2-6-11-21/h1-6,8-11,13,15,23H,7,12,14,16-19H2,(H,26,28). The van der Waals surface area contributed by atoms with E-state index in [1.165, 1.54) is 11.1 Å². The van der Waals surface area contributed by atoms with Crippen LogP contribution in [0, 0.1) is 0 Å². The van der Waals surface area contributed by atoms with Gasteiger partial charge in [0, 0.05) is 55.7 Å². The van der Waals surface area contributed by atoms with E-state index in [1.807, 2.05) is 24.3 Å². The second-order valence-electron chi connectivity index (χ2n) is 7.64. The molecule has 4 nitrogen and oxygen atoms in total. The van der Waals surface area contributed by atoms with Crippen LogP contribution in [0.1, 0.15) is 41.3 Å². The Labute approximate surface area is 172 Å². The van der Waals surface area contributed by atoms with Gasteiger partial charge in [0.15, 0.2) is 5.43 Å². The molecule has 1 aliphatic heterocycles. The molecule has 0 radical (unpaired) electrons. The molecule has 0 bridgehead atoms. The summed E-state index contributed by atoms with van der Waals surface area (Å²) in [7, 11) is 0. The zero-order valence-corrected chi connectivity index (χ0v) is 16.7. The second kappa shape index (κ2) is 9.68. The first kappa shape index (κ1) is 19.6. The zero-order valence-electron chi connectivity index (χ0n) is 16.7. The minimum Gasteiger partial charge on any atom is -0.377 e. The number of hydrogen-bond acceptors (Lipinski definition) is 3. The Kier molecular flexibility index (Phi) is 6.55. The molecule has 2 heterocycles. The predicted molar refractivity (Wildman–Crippen MR) is 116 cm³/mol. The van der Waals surface area contributed by atoms with E-state index in [0.29, 0.717) is 13.2 Å². The number of pyridine rings is 1. The maximum Gasteiger partial charge on any atom is 0.186 e. The smallest absolute Gasteiger partial charge is 0.186 e. The van der Waals surface area contributed by atoms with Crippen molar-refractivity contribution >= 4 is 0 Å². The summed E-state index contributed by atoms with van der Waals surface area (Å²) in [5.41, 5.74) is 4.66. The monoisotopic (exact) mass is 388 g/mol. The lowest BCUT2D eigenvalue weighted by Gasteiger charge is -2.36. The highest BCUT2D eigenvalue weighted by Gasteiger charge is 2.29. The first-order chi connectivity index (χ1) is 14.3. The Morgan fingerprint density at radius 3 is 2.45 bits per heavy atom. The van der Waals surface area contributed by atoms with Crippen LogP contribution in [-0.4, -0.2) is 23.0 Å². The molecule has 150 valence electrons. The number of hydrogen-bond donors (Lipinski definition) is 1. The van der Waals surface area contributed by atoms with Crippen molar-refractivity contribution in [3.05, 3.63) is 106 Å². The van der Waals surface area contributed by atoms with E-state index in [9.17, 15) is 4.79 Å². The number of aromatic nitrogens is 1. The quantitative estimate of drug-likeness (QED) is 0.579. The van der Waals surface area contributed by atoms with E-state index in [1.54, 1.807) is 12.3 Å². The molecule has 1 aromatic heterocycles. The number of benzene rings is 2. The summed E-state index contributed by atoms with van der Waals surface area (Å²) in [5.74, 6) is 0. The summed E-state index contributed by atoms with van der Waals surface area (Å²) in [6, 6.07) is 22.5. The van der Waals surface area contributed by atoms with E-state index in [0.717, 1.165) is 43.6 Å². The van der Waals surface area contributed by atoms with E-state index < -0.39 is 0 Å². The van der Waals surface area contributed by atoms with Gasteiger partial charge < -0.3 is 9.72 Å². The van der Waals surface area contributed by atoms with E-state index in [4.69, 9.17) is 4.74 Å². The van der Waals surface area contributed by atoms with Crippen LogP contribution in [0.4, 0.5) is 0 Å². The molecule has 2 aromatic carbocycles. The molecule has 1 atom stereocenters. The molecule has 4 rings (SSSR count). The highest BCUT2D eigenvalue weighted by molar-refractivity contribution is 5.27. The lowest BCUT2D eigenvalue weighted by Crippen LogP contribution is -2.38. The summed E-state index contributed by atoms with van der Waals surface area (Å²) in [6.45, 7) is 3.16. The summed E-state index contributed by atoms with van der Waals surface area (Å²) >= 11 is 0. The molecular formula is C25H28N2O2. The summed E-state index contributed by atoms with van der Waals surface area (Å²) in [4.78, 5) is 18.4. The van der Waals surface area contributed by atoms with Crippen molar-refractivity contribution in [2.24, 2.45) is 0 Å². The van der Waals surface area contributed by atoms with Gasteiger partial charge >= 0.3 is 0 Å². The summed E-state index contributed by atoms with van der Waals surface area (Å²) in [6.07, 6.45) is 4.51. The van der Waals surface area contributed by atoms with Gasteiger partial charge in [0.05, 0.1) is 6.61 Å². The van der Waals surface area contributed by atoms with Gasteiger partial charge in [-0.3, -0.25) is 9.69 Å². The van der Waals surface area contributed by atoms with Crippen LogP contribution in [0.2, 0.25) is 0 Å². The average Bonchev–Trinajstić information content (AvgIpc) is 2.76. The average molecular weight is 389 g/mol. The fraction of sp³-hybridized carbons (Fsp3) is 0.320. The van der Waals surface area contributed by atoms with E-state index in [-0.39, 0.29) is 11.5 Å². The fourth-order valence-electron chi connectivity index (χ4n) is 4.18. The normalized spacial score (nSPS) is 16.5. The summed E-state index contributed by atoms with van der Waals surface area (Å²) in [5, 5.41) is 0. The SMILES string of the molecule is O=c1cc[nH]c2c1C(CCCOCc1ccccc1)N(Cc1ccccc1)CC2. The molecular weight excluding hydrogens is 360 g/mol. The Morgan fingerprint density at radius 1 is 0.966 bits per heavy atom. The third-order valence-corrected chi connectivity index (χ3v) is 5.61. The molecule has 3 aromatic rings. The minimum absolute atomic E-state index is 0.129. The molecule has 4 heteroatoms. The number of fused-ring (bicyclic) bond motifs is 1. The van der Waals surface area contributed by atoms with Gasteiger partial charge in [-0.15, -0.1) is 0 Å². The second-order valence-corrected chi connectivity index (χ2v) is 7.64. The molecule has 0 amide bonds. The highest BCUT2D eigenvalue weighted by Crippen LogP contribution is 2.31. The number of ether oxygens (including phenoxy) is 1. The highest BCUT2D eigenvalue weighted by atomic mass is 16.5. The van der Waals surface area contributed by atoms with E-state index in [2.05, 4.69) is 46.3 Å². The third-order valence-electron chi connectivity index (χ3n) is 5.61. The van der Waals surface area contributed by atoms with Crippen molar-refractivity contribution in [1.82, 2.24) is 9.88 Å². The fourth-order valence-corrected chi connectivity index (χ4v) is 4.18. The number of nitrogens with zero attached hydrogens (tertiary/aromatic N) is 1. The Balaban J connectivity index is 1.42. The van der Waals surface area contributed by atoms with Crippen molar-refractivity contribution in [3.63, 3.8) is 0 Å². The van der Waals surface area contributed by atoms with Crippen molar-refractivity contribution in [1.29, 1.82) is 0 Å². The van der Waals surface area contributed by atoms with Crippen molar-refractivity contribution in [2.75, 3.05) is 13.2 Å². The van der Waals surface area contributed by atoms with Crippen LogP contribution < -0.4 is 5.43 Å². The molecule has 0 spiro atoms. The third kappa shape index (κ3) is 5.03. The van der Waals surface area contributed by atoms with Crippen molar-refractivity contribution in [3.8, 4) is 0 Å². The number of H-pyrrole nitrogens is 1. The van der Waals surface area contributed by atoms with Gasteiger partial charge in [-0.2, -0.15) is 0 Å². The molecule has 1 unspecified atom stereocenters. The summed E-state index contributed by atoms with van der Waals surface area (Å²) < 4.78 is 5.88. The number of nitrogens with one attached hydrogen (secondary N) is 1. The molecule has 0 fully saturated rings. The Bertz CT molecular complexity index is 953. The van der Waals surface area contributed by atoms with Crippen LogP contribution in [0.25, 0.3) is 0 Å². The van der Waals surface area contributed by atoms with Gasteiger partial charge in [-0.1, -0.05) is 60.7 Å². The topological polar surface area (TPSA) is 45.3 Å². The van der Waals surface area contributed by atoms with Crippen LogP contribution in [0.3, 0.4) is 0 Å². The molecule has 1 N–H and O–H groups in total. The first-order valence-corrected chi connectivity index (χ1v) is 10.4. The van der Waals surface area contributed by atoms with Crippen molar-refractivity contribution < 1.29 is 4.74 Å². The minimum atomic E-state index is 0.129. The van der Waals surface area contributed by atoms with Crippen LogP contribution >= 0.6 is 0 Å². The predicted octanol–water partition coefficient (Wildman–Crippen LogP) is 4.47. The Hall–Kier alpha value is -2.69. The molecule has 0 saturated heterocycles. The lowest BCUT2D eigenvalue weighted by molar-refractivity contribution is 0.101. The number of rotatable bonds is 8. The van der Waals surface area contributed by atoms with E-state index >= 15 is 0 Å². The maximum atomic E-state index is 12.7. The first-order valence-electron chi connectivity index (χ1n) is 10.4. The molecule has 29 heavy (non-hydrogen) atoms. The Morgan fingerprint density at radius 2 is 1.69 bits per heavy atom. The van der Waals surface area contributed by atoms with Gasteiger partial charge in [-0.25, -0.2) is 0 Å². The van der Waals surface area contributed by atoms with Crippen LogP contribution in [0.5, 0.6) is 0 Å². The van der Waals surface area contributed by atoms with Gasteiger partial charge in [-0.05, 0) is 24.0 Å². The van der Waals surface area contributed by atoms with Crippen LogP contribution in [0.15, 0.2) is 77.7 Å². The largest absolute Gasteiger partial charge is 0.377 e. The van der Waals surface area contributed by atoms with Gasteiger partial charge in [0.25, 0.3) is 0 Å². The lowest BCUT2D eigenvalue weighted by atomic mass is 9.92.